The van der Waals surface area contributed by atoms with Crippen molar-refractivity contribution in [2.75, 3.05) is 29.5 Å². The Balaban J connectivity index is 1.76. The maximum atomic E-state index is 13.1. The Bertz CT molecular complexity index is 733. The van der Waals surface area contributed by atoms with Crippen molar-refractivity contribution in [2.45, 2.75) is 65.0 Å². The van der Waals surface area contributed by atoms with E-state index in [9.17, 15) is 13.2 Å². The smallest absolute Gasteiger partial charge is 0.226 e. The molecular weight excluding hydrogens is 364 g/mol. The molecule has 1 aromatic rings. The molecule has 2 aliphatic heterocycles. The van der Waals surface area contributed by atoms with Gasteiger partial charge in [0.1, 0.15) is 5.76 Å². The normalized spacial score (nSPS) is 22.3. The lowest BCUT2D eigenvalue weighted by Gasteiger charge is -2.31. The quantitative estimate of drug-likeness (QED) is 0.708. The Kier molecular flexibility index (Phi) is 6.50. The summed E-state index contributed by atoms with van der Waals surface area (Å²) in [7, 11) is -3.05. The summed E-state index contributed by atoms with van der Waals surface area (Å²) in [6.45, 7) is 6.38. The molecule has 1 amide bonds. The van der Waals surface area contributed by atoms with Crippen LogP contribution in [0.2, 0.25) is 0 Å². The van der Waals surface area contributed by atoms with E-state index in [1.807, 2.05) is 26.0 Å². The lowest BCUT2D eigenvalue weighted by Crippen LogP contribution is -2.43. The molecule has 1 aromatic heterocycles. The zero-order chi connectivity index (χ0) is 19.4. The number of sulfone groups is 1. The lowest BCUT2D eigenvalue weighted by atomic mass is 10.0. The first kappa shape index (κ1) is 20.2. The topological polar surface area (TPSA) is 70.8 Å². The van der Waals surface area contributed by atoms with Crippen LogP contribution >= 0.6 is 0 Å². The second-order valence-corrected chi connectivity index (χ2v) is 10.1. The molecule has 152 valence electrons. The number of rotatable bonds is 7. The number of amides is 1. The van der Waals surface area contributed by atoms with E-state index < -0.39 is 9.84 Å². The minimum Gasteiger partial charge on any atom is -0.444 e. The van der Waals surface area contributed by atoms with Gasteiger partial charge in [0.05, 0.1) is 18.1 Å². The van der Waals surface area contributed by atoms with Gasteiger partial charge in [-0.15, -0.1) is 0 Å². The van der Waals surface area contributed by atoms with Gasteiger partial charge in [0.25, 0.3) is 0 Å². The summed E-state index contributed by atoms with van der Waals surface area (Å²) in [6.07, 6.45) is 5.67. The number of piperidine rings is 1. The molecule has 27 heavy (non-hydrogen) atoms. The largest absolute Gasteiger partial charge is 0.444 e. The minimum absolute atomic E-state index is 0.0537. The summed E-state index contributed by atoms with van der Waals surface area (Å²) in [5.41, 5.74) is 0. The second kappa shape index (κ2) is 8.67. The van der Waals surface area contributed by atoms with Crippen molar-refractivity contribution in [3.05, 3.63) is 17.9 Å². The van der Waals surface area contributed by atoms with Crippen LogP contribution in [0.3, 0.4) is 0 Å². The number of nitrogens with zero attached hydrogens (tertiary/aromatic N) is 2. The molecule has 3 rings (SSSR count). The molecule has 0 bridgehead atoms. The molecule has 1 atom stereocenters. The summed E-state index contributed by atoms with van der Waals surface area (Å²) in [6, 6.07) is 3.67. The van der Waals surface area contributed by atoms with Crippen LogP contribution < -0.4 is 4.90 Å². The molecule has 6 nitrogen and oxygen atoms in total. The van der Waals surface area contributed by atoms with Gasteiger partial charge in [-0.25, -0.2) is 8.42 Å². The summed E-state index contributed by atoms with van der Waals surface area (Å²) in [5.74, 6) is 1.82. The molecule has 0 aliphatic carbocycles. The van der Waals surface area contributed by atoms with Crippen LogP contribution in [-0.4, -0.2) is 49.9 Å². The maximum absolute atomic E-state index is 13.1. The fourth-order valence-electron chi connectivity index (χ4n) is 4.18. The minimum atomic E-state index is -3.05. The van der Waals surface area contributed by atoms with E-state index in [0.29, 0.717) is 13.0 Å². The van der Waals surface area contributed by atoms with Gasteiger partial charge in [0.15, 0.2) is 15.7 Å². The number of carbonyl (C=O) groups is 1. The third-order valence-corrected chi connectivity index (χ3v) is 7.66. The first-order valence-corrected chi connectivity index (χ1v) is 12.1. The van der Waals surface area contributed by atoms with Gasteiger partial charge < -0.3 is 14.2 Å². The molecule has 0 saturated carbocycles. The van der Waals surface area contributed by atoms with E-state index in [1.54, 1.807) is 4.90 Å². The first-order valence-electron chi connectivity index (χ1n) is 10.3. The fourth-order valence-corrected chi connectivity index (χ4v) is 5.92. The molecular formula is C20H32N2O4S. The number of carbonyl (C=O) groups excluding carboxylic acids is 1. The molecule has 0 aromatic carbocycles. The zero-order valence-corrected chi connectivity index (χ0v) is 17.3. The predicted molar refractivity (Wildman–Crippen MR) is 106 cm³/mol. The Morgan fingerprint density at radius 3 is 2.52 bits per heavy atom. The average molecular weight is 397 g/mol. The Morgan fingerprint density at radius 2 is 1.93 bits per heavy atom. The molecule has 0 radical (unpaired) electrons. The van der Waals surface area contributed by atoms with E-state index in [4.69, 9.17) is 4.42 Å². The van der Waals surface area contributed by atoms with Crippen molar-refractivity contribution in [1.29, 1.82) is 0 Å². The lowest BCUT2D eigenvalue weighted by molar-refractivity contribution is -0.138. The predicted octanol–water partition coefficient (Wildman–Crippen LogP) is 3.22. The molecule has 1 unspecified atom stereocenters. The number of hydrogen-bond acceptors (Lipinski definition) is 5. The standard InChI is InChI=1S/C20H32N2O4S/c1-3-16(4-2)20(23)22(17-10-13-27(24,25)15-17)14-18-8-9-19(26-18)21-11-6-5-7-12-21/h8-9,16-17H,3-7,10-15H2,1-2H3. The SMILES string of the molecule is CCC(CC)C(=O)N(Cc1ccc(N2CCCCC2)o1)C1CCS(=O)(=O)C1. The van der Waals surface area contributed by atoms with Crippen molar-refractivity contribution in [2.24, 2.45) is 5.92 Å². The highest BCUT2D eigenvalue weighted by Crippen LogP contribution is 2.27. The third kappa shape index (κ3) is 4.86. The summed E-state index contributed by atoms with van der Waals surface area (Å²) in [5, 5.41) is 0. The van der Waals surface area contributed by atoms with Gasteiger partial charge in [0.2, 0.25) is 5.91 Å². The number of hydrogen-bond donors (Lipinski definition) is 0. The Labute approximate surface area is 162 Å². The molecule has 2 saturated heterocycles. The van der Waals surface area contributed by atoms with E-state index >= 15 is 0 Å². The third-order valence-electron chi connectivity index (χ3n) is 5.91. The average Bonchev–Trinajstić information content (AvgIpc) is 3.27. The van der Waals surface area contributed by atoms with E-state index in [0.717, 1.165) is 37.6 Å². The number of anilines is 1. The van der Waals surface area contributed by atoms with Crippen molar-refractivity contribution in [3.63, 3.8) is 0 Å². The van der Waals surface area contributed by atoms with Crippen LogP contribution in [0.1, 0.15) is 58.1 Å². The van der Waals surface area contributed by atoms with E-state index in [2.05, 4.69) is 4.90 Å². The van der Waals surface area contributed by atoms with E-state index in [-0.39, 0.29) is 29.4 Å². The van der Waals surface area contributed by atoms with Crippen LogP contribution in [0.5, 0.6) is 0 Å². The first-order chi connectivity index (χ1) is 12.9. The van der Waals surface area contributed by atoms with Crippen molar-refractivity contribution < 1.29 is 17.6 Å². The molecule has 0 spiro atoms. The second-order valence-electron chi connectivity index (χ2n) is 7.82. The monoisotopic (exact) mass is 396 g/mol. The molecule has 2 aliphatic rings. The Hall–Kier alpha value is -1.50. The molecule has 7 heteroatoms. The summed E-state index contributed by atoms with van der Waals surface area (Å²) < 4.78 is 30.0. The highest BCUT2D eigenvalue weighted by molar-refractivity contribution is 7.91. The number of furan rings is 1. The van der Waals surface area contributed by atoms with Crippen molar-refractivity contribution in [3.8, 4) is 0 Å². The van der Waals surface area contributed by atoms with Gasteiger partial charge in [-0.3, -0.25) is 4.79 Å². The van der Waals surface area contributed by atoms with Crippen LogP contribution in [0, 0.1) is 5.92 Å². The summed E-state index contributed by atoms with van der Waals surface area (Å²) >= 11 is 0. The van der Waals surface area contributed by atoms with Gasteiger partial charge in [-0.05, 0) is 44.6 Å². The Morgan fingerprint density at radius 1 is 1.22 bits per heavy atom. The summed E-state index contributed by atoms with van der Waals surface area (Å²) in [4.78, 5) is 17.1. The van der Waals surface area contributed by atoms with Gasteiger partial charge >= 0.3 is 0 Å². The van der Waals surface area contributed by atoms with Gasteiger partial charge in [-0.1, -0.05) is 13.8 Å². The highest BCUT2D eigenvalue weighted by Gasteiger charge is 2.36. The van der Waals surface area contributed by atoms with Crippen molar-refractivity contribution in [1.82, 2.24) is 4.90 Å². The molecule has 3 heterocycles. The highest BCUT2D eigenvalue weighted by atomic mass is 32.2. The van der Waals surface area contributed by atoms with Crippen molar-refractivity contribution >= 4 is 21.6 Å². The van der Waals surface area contributed by atoms with Gasteiger partial charge in [-0.2, -0.15) is 0 Å². The fraction of sp³-hybridized carbons (Fsp3) is 0.750. The van der Waals surface area contributed by atoms with Crippen LogP contribution in [-0.2, 0) is 21.2 Å². The molecule has 2 fully saturated rings. The van der Waals surface area contributed by atoms with Gasteiger partial charge in [0, 0.05) is 31.1 Å². The van der Waals surface area contributed by atoms with Crippen LogP contribution in [0.4, 0.5) is 5.88 Å². The van der Waals surface area contributed by atoms with Crippen LogP contribution in [0.15, 0.2) is 16.5 Å². The van der Waals surface area contributed by atoms with Crippen LogP contribution in [0.25, 0.3) is 0 Å². The zero-order valence-electron chi connectivity index (χ0n) is 16.5. The molecule has 0 N–H and O–H groups in total. The van der Waals surface area contributed by atoms with E-state index in [1.165, 1.54) is 19.3 Å². The maximum Gasteiger partial charge on any atom is 0.226 e.